The average Bonchev–Trinajstić information content (AvgIpc) is 3.06. The number of hydrogen-bond donors (Lipinski definition) is 0. The largest absolute Gasteiger partial charge is 0.274 e. The third kappa shape index (κ3) is 1.38. The molecule has 1 aliphatic heterocycles. The first-order chi connectivity index (χ1) is 9.16. The SMILES string of the molecule is O=C1[C@@H]2[C@@H](C(=O)N1c1ccc(Cl)cn1)[C@H]1C=C[C@H]2C1. The lowest BCUT2D eigenvalue weighted by molar-refractivity contribution is -0.123. The van der Waals surface area contributed by atoms with Gasteiger partial charge < -0.3 is 0 Å². The molecule has 4 nitrogen and oxygen atoms in total. The van der Waals surface area contributed by atoms with Gasteiger partial charge in [-0.2, -0.15) is 0 Å². The van der Waals surface area contributed by atoms with Crippen molar-refractivity contribution in [2.24, 2.45) is 23.7 Å². The van der Waals surface area contributed by atoms with Crippen LogP contribution in [0.2, 0.25) is 5.02 Å². The van der Waals surface area contributed by atoms with E-state index in [0.29, 0.717) is 10.8 Å². The van der Waals surface area contributed by atoms with E-state index < -0.39 is 0 Å². The van der Waals surface area contributed by atoms with Crippen LogP contribution in [0.15, 0.2) is 30.5 Å². The molecule has 0 N–H and O–H groups in total. The van der Waals surface area contributed by atoms with Crippen LogP contribution in [0.5, 0.6) is 0 Å². The summed E-state index contributed by atoms with van der Waals surface area (Å²) in [6.07, 6.45) is 6.55. The van der Waals surface area contributed by atoms with Gasteiger partial charge in [-0.15, -0.1) is 0 Å². The van der Waals surface area contributed by atoms with Crippen LogP contribution in [0.1, 0.15) is 6.42 Å². The van der Waals surface area contributed by atoms with E-state index in [9.17, 15) is 9.59 Å². The number of amides is 2. The van der Waals surface area contributed by atoms with E-state index in [1.165, 1.54) is 11.1 Å². The van der Waals surface area contributed by atoms with E-state index in [1.54, 1.807) is 12.1 Å². The molecule has 96 valence electrons. The maximum absolute atomic E-state index is 12.5. The highest BCUT2D eigenvalue weighted by molar-refractivity contribution is 6.30. The third-order valence-corrected chi connectivity index (χ3v) is 4.63. The summed E-state index contributed by atoms with van der Waals surface area (Å²) in [4.78, 5) is 30.3. The lowest BCUT2D eigenvalue weighted by Crippen LogP contribution is -2.33. The number of halogens is 1. The highest BCUT2D eigenvalue weighted by Crippen LogP contribution is 2.52. The smallest absolute Gasteiger partial charge is 0.239 e. The van der Waals surface area contributed by atoms with Gasteiger partial charge in [0, 0.05) is 6.20 Å². The molecule has 4 rings (SSSR count). The number of imide groups is 1. The average molecular weight is 275 g/mol. The minimum Gasteiger partial charge on any atom is -0.274 e. The Labute approximate surface area is 115 Å². The van der Waals surface area contributed by atoms with Crippen LogP contribution in [0, 0.1) is 23.7 Å². The van der Waals surface area contributed by atoms with E-state index in [1.807, 2.05) is 0 Å². The van der Waals surface area contributed by atoms with E-state index in [-0.39, 0.29) is 35.5 Å². The lowest BCUT2D eigenvalue weighted by Gasteiger charge is -2.15. The first-order valence-electron chi connectivity index (χ1n) is 6.34. The fourth-order valence-corrected chi connectivity index (χ4v) is 3.74. The van der Waals surface area contributed by atoms with E-state index in [2.05, 4.69) is 17.1 Å². The molecule has 1 aromatic heterocycles. The summed E-state index contributed by atoms with van der Waals surface area (Å²) in [7, 11) is 0. The lowest BCUT2D eigenvalue weighted by atomic mass is 9.85. The molecular formula is C14H11ClN2O2. The topological polar surface area (TPSA) is 50.3 Å². The molecule has 2 amide bonds. The van der Waals surface area contributed by atoms with Crippen LogP contribution in [0.25, 0.3) is 0 Å². The predicted octanol–water partition coefficient (Wildman–Crippen LogP) is 2.05. The highest BCUT2D eigenvalue weighted by atomic mass is 35.5. The second kappa shape index (κ2) is 3.67. The maximum atomic E-state index is 12.5. The van der Waals surface area contributed by atoms with Crippen molar-refractivity contribution in [3.05, 3.63) is 35.5 Å². The first-order valence-corrected chi connectivity index (χ1v) is 6.72. The summed E-state index contributed by atoms with van der Waals surface area (Å²) in [6, 6.07) is 3.26. The Kier molecular flexibility index (Phi) is 2.16. The van der Waals surface area contributed by atoms with Crippen LogP contribution < -0.4 is 4.90 Å². The number of carbonyl (C=O) groups excluding carboxylic acids is 2. The van der Waals surface area contributed by atoms with E-state index in [0.717, 1.165) is 6.42 Å². The summed E-state index contributed by atoms with van der Waals surface area (Å²) < 4.78 is 0. The normalized spacial score (nSPS) is 35.3. The van der Waals surface area contributed by atoms with Crippen LogP contribution in [0.4, 0.5) is 5.82 Å². The molecule has 4 atom stereocenters. The Bertz CT molecular complexity index is 580. The van der Waals surface area contributed by atoms with Crippen LogP contribution in [-0.2, 0) is 9.59 Å². The third-order valence-electron chi connectivity index (χ3n) is 4.41. The molecule has 5 heteroatoms. The molecule has 0 radical (unpaired) electrons. The van der Waals surface area contributed by atoms with Gasteiger partial charge in [-0.3, -0.25) is 9.59 Å². The van der Waals surface area contributed by atoms with Gasteiger partial charge >= 0.3 is 0 Å². The number of anilines is 1. The number of pyridine rings is 1. The van der Waals surface area contributed by atoms with E-state index >= 15 is 0 Å². The van der Waals surface area contributed by atoms with Gasteiger partial charge in [0.15, 0.2) is 0 Å². The summed E-state index contributed by atoms with van der Waals surface area (Å²) in [5.41, 5.74) is 0. The first kappa shape index (κ1) is 11.2. The number of allylic oxidation sites excluding steroid dienone is 2. The minimum atomic E-state index is -0.181. The molecule has 3 aliphatic rings. The molecule has 2 bridgehead atoms. The molecular weight excluding hydrogens is 264 g/mol. The quantitative estimate of drug-likeness (QED) is 0.582. The number of aromatic nitrogens is 1. The molecule has 0 unspecified atom stereocenters. The van der Waals surface area contributed by atoms with Gasteiger partial charge in [0.1, 0.15) is 5.82 Å². The monoisotopic (exact) mass is 274 g/mol. The van der Waals surface area contributed by atoms with Gasteiger partial charge in [0.05, 0.1) is 16.9 Å². The molecule has 1 saturated heterocycles. The van der Waals surface area contributed by atoms with Crippen LogP contribution >= 0.6 is 11.6 Å². The summed E-state index contributed by atoms with van der Waals surface area (Å²) >= 11 is 5.78. The Morgan fingerprint density at radius 3 is 2.26 bits per heavy atom. The molecule has 2 fully saturated rings. The standard InChI is InChI=1S/C14H11ClN2O2/c15-9-3-4-10(16-6-9)17-13(18)11-7-1-2-8(5-7)12(11)14(17)19/h1-4,6-8,11-12H,5H2/t7-,8-,11-,12-/m0/s1. The Morgan fingerprint density at radius 1 is 1.11 bits per heavy atom. The summed E-state index contributed by atoms with van der Waals surface area (Å²) in [5.74, 6) is 0.254. The van der Waals surface area contributed by atoms with Gasteiger partial charge in [0.2, 0.25) is 11.8 Å². The van der Waals surface area contributed by atoms with Gasteiger partial charge in [-0.1, -0.05) is 23.8 Å². The summed E-state index contributed by atoms with van der Waals surface area (Å²) in [6.45, 7) is 0. The fourth-order valence-electron chi connectivity index (χ4n) is 3.63. The number of fused-ring (bicyclic) bond motifs is 5. The Balaban J connectivity index is 1.74. The van der Waals surface area contributed by atoms with Crippen molar-refractivity contribution in [2.45, 2.75) is 6.42 Å². The second-order valence-corrected chi connectivity index (χ2v) is 5.78. The van der Waals surface area contributed by atoms with Crippen molar-refractivity contribution in [1.29, 1.82) is 0 Å². The molecule has 1 saturated carbocycles. The van der Waals surface area contributed by atoms with Gasteiger partial charge in [0.25, 0.3) is 0 Å². The molecule has 2 heterocycles. The van der Waals surface area contributed by atoms with E-state index in [4.69, 9.17) is 11.6 Å². The molecule has 1 aromatic rings. The molecule has 0 spiro atoms. The zero-order chi connectivity index (χ0) is 13.1. The number of rotatable bonds is 1. The van der Waals surface area contributed by atoms with Crippen molar-refractivity contribution in [3.63, 3.8) is 0 Å². The zero-order valence-electron chi connectivity index (χ0n) is 9.99. The molecule has 2 aliphatic carbocycles. The number of nitrogens with zero attached hydrogens (tertiary/aromatic N) is 2. The molecule has 0 aromatic carbocycles. The molecule has 19 heavy (non-hydrogen) atoms. The number of hydrogen-bond acceptors (Lipinski definition) is 3. The number of carbonyl (C=O) groups is 2. The highest BCUT2D eigenvalue weighted by Gasteiger charge is 2.59. The Morgan fingerprint density at radius 2 is 1.74 bits per heavy atom. The van der Waals surface area contributed by atoms with Gasteiger partial charge in [-0.25, -0.2) is 9.88 Å². The fraction of sp³-hybridized carbons (Fsp3) is 0.357. The van der Waals surface area contributed by atoms with Crippen molar-refractivity contribution in [3.8, 4) is 0 Å². The minimum absolute atomic E-state index is 0.110. The Hall–Kier alpha value is -1.68. The zero-order valence-corrected chi connectivity index (χ0v) is 10.7. The van der Waals surface area contributed by atoms with Crippen LogP contribution in [0.3, 0.4) is 0 Å². The van der Waals surface area contributed by atoms with Crippen molar-refractivity contribution in [2.75, 3.05) is 4.90 Å². The van der Waals surface area contributed by atoms with Crippen molar-refractivity contribution in [1.82, 2.24) is 4.98 Å². The maximum Gasteiger partial charge on any atom is 0.239 e. The van der Waals surface area contributed by atoms with Gasteiger partial charge in [-0.05, 0) is 30.4 Å². The summed E-state index contributed by atoms with van der Waals surface area (Å²) in [5, 5.41) is 0.491. The second-order valence-electron chi connectivity index (χ2n) is 5.35. The van der Waals surface area contributed by atoms with Crippen LogP contribution in [-0.4, -0.2) is 16.8 Å². The predicted molar refractivity (Wildman–Crippen MR) is 69.5 cm³/mol. The van der Waals surface area contributed by atoms with Crippen molar-refractivity contribution < 1.29 is 9.59 Å². The van der Waals surface area contributed by atoms with Crippen molar-refractivity contribution >= 4 is 29.2 Å².